The van der Waals surface area contributed by atoms with Crippen molar-refractivity contribution in [2.75, 3.05) is 19.1 Å². The van der Waals surface area contributed by atoms with Gasteiger partial charge < -0.3 is 19.5 Å². The first-order chi connectivity index (χ1) is 15.0. The number of rotatable bonds is 6. The van der Waals surface area contributed by atoms with Gasteiger partial charge in [-0.25, -0.2) is 19.7 Å². The van der Waals surface area contributed by atoms with Crippen molar-refractivity contribution in [2.45, 2.75) is 13.0 Å². The van der Waals surface area contributed by atoms with E-state index in [-0.39, 0.29) is 6.01 Å². The summed E-state index contributed by atoms with van der Waals surface area (Å²) in [7, 11) is 3.03. The topological polar surface area (TPSA) is 103 Å². The standard InChI is InChI=1S/C22H20N4O5/c1-13-10-11-23-21(24-13)31-15-6-4-14(5-7-15)26-20(27)19(25-22(26)28)17-9-8-16(29-2)12-18(17)30-3/h4-12,19H,1-3H3,(H,25,28). The molecule has 1 aliphatic heterocycles. The van der Waals surface area contributed by atoms with E-state index < -0.39 is 18.0 Å². The molecule has 4 rings (SSSR count). The predicted molar refractivity (Wildman–Crippen MR) is 112 cm³/mol. The molecule has 0 saturated carbocycles. The van der Waals surface area contributed by atoms with Crippen molar-refractivity contribution in [3.05, 3.63) is 66.0 Å². The SMILES string of the molecule is COc1ccc(C2NC(=O)N(c3ccc(Oc4nccc(C)n4)cc3)C2=O)c(OC)c1. The van der Waals surface area contributed by atoms with Crippen LogP contribution in [-0.4, -0.2) is 36.1 Å². The van der Waals surface area contributed by atoms with E-state index in [1.807, 2.05) is 6.92 Å². The first kappa shape index (κ1) is 20.1. The summed E-state index contributed by atoms with van der Waals surface area (Å²) < 4.78 is 16.2. The normalized spacial score (nSPS) is 15.6. The van der Waals surface area contributed by atoms with Gasteiger partial charge in [-0.05, 0) is 49.4 Å². The van der Waals surface area contributed by atoms with Crippen molar-refractivity contribution >= 4 is 17.6 Å². The first-order valence-corrected chi connectivity index (χ1v) is 9.44. The van der Waals surface area contributed by atoms with Crippen LogP contribution in [0.2, 0.25) is 0 Å². The molecule has 9 heteroatoms. The summed E-state index contributed by atoms with van der Waals surface area (Å²) in [6.45, 7) is 1.84. The van der Waals surface area contributed by atoms with Crippen LogP contribution < -0.4 is 24.4 Å². The van der Waals surface area contributed by atoms with Crippen LogP contribution in [0.5, 0.6) is 23.3 Å². The maximum absolute atomic E-state index is 13.1. The third-order valence-corrected chi connectivity index (χ3v) is 4.77. The van der Waals surface area contributed by atoms with Crippen LogP contribution in [0.4, 0.5) is 10.5 Å². The van der Waals surface area contributed by atoms with Crippen molar-refractivity contribution < 1.29 is 23.8 Å². The van der Waals surface area contributed by atoms with E-state index in [9.17, 15) is 9.59 Å². The molecule has 0 spiro atoms. The molecule has 2 aromatic carbocycles. The Morgan fingerprint density at radius 3 is 2.39 bits per heavy atom. The summed E-state index contributed by atoms with van der Waals surface area (Å²) in [5.41, 5.74) is 1.73. The lowest BCUT2D eigenvalue weighted by Gasteiger charge is -2.15. The van der Waals surface area contributed by atoms with Crippen molar-refractivity contribution in [3.63, 3.8) is 0 Å². The number of carbonyl (C=O) groups excluding carboxylic acids is 2. The van der Waals surface area contributed by atoms with E-state index in [0.29, 0.717) is 28.5 Å². The zero-order valence-electron chi connectivity index (χ0n) is 17.2. The minimum absolute atomic E-state index is 0.217. The number of anilines is 1. The molecule has 1 unspecified atom stereocenters. The van der Waals surface area contributed by atoms with Crippen LogP contribution in [0, 0.1) is 6.92 Å². The molecule has 3 aromatic rings. The molecule has 9 nitrogen and oxygen atoms in total. The van der Waals surface area contributed by atoms with Gasteiger partial charge in [-0.1, -0.05) is 0 Å². The highest BCUT2D eigenvalue weighted by Crippen LogP contribution is 2.35. The molecule has 1 aliphatic rings. The van der Waals surface area contributed by atoms with Crippen molar-refractivity contribution in [2.24, 2.45) is 0 Å². The third-order valence-electron chi connectivity index (χ3n) is 4.77. The highest BCUT2D eigenvalue weighted by molar-refractivity contribution is 6.21. The minimum Gasteiger partial charge on any atom is -0.497 e. The Balaban J connectivity index is 1.55. The molecule has 2 heterocycles. The number of amides is 3. The van der Waals surface area contributed by atoms with Crippen LogP contribution in [0.15, 0.2) is 54.7 Å². The second-order valence-electron chi connectivity index (χ2n) is 6.74. The minimum atomic E-state index is -0.870. The Bertz CT molecular complexity index is 1130. The second-order valence-corrected chi connectivity index (χ2v) is 6.74. The Hall–Kier alpha value is -4.14. The largest absolute Gasteiger partial charge is 0.497 e. The first-order valence-electron chi connectivity index (χ1n) is 9.44. The fourth-order valence-electron chi connectivity index (χ4n) is 3.23. The predicted octanol–water partition coefficient (Wildman–Crippen LogP) is 3.39. The number of imide groups is 1. The Kier molecular flexibility index (Phi) is 5.40. The van der Waals surface area contributed by atoms with E-state index >= 15 is 0 Å². The average Bonchev–Trinajstić information content (AvgIpc) is 3.07. The van der Waals surface area contributed by atoms with Gasteiger partial charge in [0.15, 0.2) is 0 Å². The summed E-state index contributed by atoms with van der Waals surface area (Å²) in [5.74, 6) is 1.10. The molecule has 3 amide bonds. The maximum atomic E-state index is 13.1. The number of benzene rings is 2. The summed E-state index contributed by atoms with van der Waals surface area (Å²) >= 11 is 0. The number of ether oxygens (including phenoxy) is 3. The van der Waals surface area contributed by atoms with E-state index in [0.717, 1.165) is 10.6 Å². The van der Waals surface area contributed by atoms with Gasteiger partial charge >= 0.3 is 12.0 Å². The number of aryl methyl sites for hydroxylation is 1. The molecule has 0 bridgehead atoms. The summed E-state index contributed by atoms with van der Waals surface area (Å²) in [4.78, 5) is 35.0. The van der Waals surface area contributed by atoms with Crippen LogP contribution in [0.25, 0.3) is 0 Å². The quantitative estimate of drug-likeness (QED) is 0.610. The molecular formula is C22H20N4O5. The summed E-state index contributed by atoms with van der Waals surface area (Å²) in [5, 5.41) is 2.71. The van der Waals surface area contributed by atoms with E-state index in [1.54, 1.807) is 54.7 Å². The Morgan fingerprint density at radius 2 is 1.71 bits per heavy atom. The number of methoxy groups -OCH3 is 2. The molecule has 158 valence electrons. The van der Waals surface area contributed by atoms with Gasteiger partial charge in [0, 0.05) is 23.5 Å². The monoisotopic (exact) mass is 420 g/mol. The van der Waals surface area contributed by atoms with Crippen LogP contribution in [0.3, 0.4) is 0 Å². The summed E-state index contributed by atoms with van der Waals surface area (Å²) in [6.07, 6.45) is 1.60. The fourth-order valence-corrected chi connectivity index (χ4v) is 3.23. The molecule has 0 radical (unpaired) electrons. The maximum Gasteiger partial charge on any atom is 0.329 e. The van der Waals surface area contributed by atoms with Crippen LogP contribution in [-0.2, 0) is 4.79 Å². The number of nitrogens with zero attached hydrogens (tertiary/aromatic N) is 3. The lowest BCUT2D eigenvalue weighted by molar-refractivity contribution is -0.118. The number of urea groups is 1. The highest BCUT2D eigenvalue weighted by atomic mass is 16.5. The lowest BCUT2D eigenvalue weighted by atomic mass is 10.1. The smallest absolute Gasteiger partial charge is 0.329 e. The number of aromatic nitrogens is 2. The van der Waals surface area contributed by atoms with E-state index in [4.69, 9.17) is 14.2 Å². The molecule has 1 aromatic heterocycles. The molecule has 1 saturated heterocycles. The zero-order valence-corrected chi connectivity index (χ0v) is 17.2. The number of hydrogen-bond donors (Lipinski definition) is 1. The molecule has 1 atom stereocenters. The molecule has 1 fully saturated rings. The van der Waals surface area contributed by atoms with Gasteiger partial charge in [0.2, 0.25) is 0 Å². The van der Waals surface area contributed by atoms with Gasteiger partial charge in [0.1, 0.15) is 23.3 Å². The molecular weight excluding hydrogens is 400 g/mol. The Morgan fingerprint density at radius 1 is 0.968 bits per heavy atom. The highest BCUT2D eigenvalue weighted by Gasteiger charge is 2.41. The molecule has 31 heavy (non-hydrogen) atoms. The molecule has 0 aliphatic carbocycles. The van der Waals surface area contributed by atoms with Crippen molar-refractivity contribution in [1.82, 2.24) is 15.3 Å². The van der Waals surface area contributed by atoms with Gasteiger partial charge in [-0.2, -0.15) is 0 Å². The lowest BCUT2D eigenvalue weighted by Crippen LogP contribution is -2.30. The van der Waals surface area contributed by atoms with Gasteiger partial charge in [-0.15, -0.1) is 0 Å². The van der Waals surface area contributed by atoms with E-state index in [2.05, 4.69) is 15.3 Å². The fraction of sp³-hybridized carbons (Fsp3) is 0.182. The number of hydrogen-bond acceptors (Lipinski definition) is 7. The van der Waals surface area contributed by atoms with Crippen molar-refractivity contribution in [1.29, 1.82) is 0 Å². The Labute approximate surface area is 178 Å². The van der Waals surface area contributed by atoms with Crippen LogP contribution in [0.1, 0.15) is 17.3 Å². The van der Waals surface area contributed by atoms with Gasteiger partial charge in [-0.3, -0.25) is 4.79 Å². The van der Waals surface area contributed by atoms with E-state index in [1.165, 1.54) is 14.2 Å². The third kappa shape index (κ3) is 3.97. The zero-order chi connectivity index (χ0) is 22.0. The molecule has 1 N–H and O–H groups in total. The van der Waals surface area contributed by atoms with Crippen LogP contribution >= 0.6 is 0 Å². The number of carbonyl (C=O) groups is 2. The van der Waals surface area contributed by atoms with Gasteiger partial charge in [0.05, 0.1) is 19.9 Å². The number of nitrogens with one attached hydrogen (secondary N) is 1. The summed E-state index contributed by atoms with van der Waals surface area (Å²) in [6, 6.07) is 12.2. The van der Waals surface area contributed by atoms with Gasteiger partial charge in [0.25, 0.3) is 5.91 Å². The second kappa shape index (κ2) is 8.31. The van der Waals surface area contributed by atoms with Crippen molar-refractivity contribution in [3.8, 4) is 23.3 Å². The average molecular weight is 420 g/mol.